The Morgan fingerprint density at radius 3 is 2.32 bits per heavy atom. The van der Waals surface area contributed by atoms with Crippen LogP contribution in [0.5, 0.6) is 0 Å². The second-order valence-electron chi connectivity index (χ2n) is 6.32. The van der Waals surface area contributed by atoms with Crippen LogP contribution in [0.4, 0.5) is 0 Å². The van der Waals surface area contributed by atoms with Crippen LogP contribution < -0.4 is 4.72 Å². The smallest absolute Gasteiger partial charge is 0.241 e. The zero-order valence-corrected chi connectivity index (χ0v) is 16.2. The van der Waals surface area contributed by atoms with E-state index in [2.05, 4.69) is 23.5 Å². The van der Waals surface area contributed by atoms with Crippen LogP contribution >= 0.6 is 0 Å². The number of hydrogen-bond acceptors (Lipinski definition) is 3. The molecular weight excluding hydrogens is 332 g/mol. The number of nitrogens with one attached hydrogen (secondary N) is 1. The molecule has 0 spiro atoms. The first-order chi connectivity index (χ1) is 12.1. The lowest BCUT2D eigenvalue weighted by molar-refractivity contribution is 0.295. The van der Waals surface area contributed by atoms with Gasteiger partial charge < -0.3 is 4.90 Å². The average molecular weight is 363 g/mol. The van der Waals surface area contributed by atoms with Gasteiger partial charge in [0.2, 0.25) is 10.0 Å². The van der Waals surface area contributed by atoms with Crippen LogP contribution in [-0.4, -0.2) is 39.5 Å². The largest absolute Gasteiger partial charge is 0.304 e. The molecule has 0 aromatic heterocycles. The molecule has 0 radical (unpaired) electrons. The van der Waals surface area contributed by atoms with Crippen LogP contribution in [0.1, 0.15) is 39.5 Å². The summed E-state index contributed by atoms with van der Waals surface area (Å²) in [5.74, 6) is 0. The van der Waals surface area contributed by atoms with Gasteiger partial charge in [-0.3, -0.25) is 0 Å². The molecule has 25 heavy (non-hydrogen) atoms. The van der Waals surface area contributed by atoms with Crippen LogP contribution in [0.25, 0.3) is 10.8 Å². The van der Waals surface area contributed by atoms with Crippen molar-refractivity contribution in [3.63, 3.8) is 0 Å². The van der Waals surface area contributed by atoms with Gasteiger partial charge in [-0.15, -0.1) is 0 Å². The van der Waals surface area contributed by atoms with E-state index in [9.17, 15) is 8.42 Å². The average Bonchev–Trinajstić information content (AvgIpc) is 2.63. The summed E-state index contributed by atoms with van der Waals surface area (Å²) in [6, 6.07) is 13.0. The van der Waals surface area contributed by atoms with Gasteiger partial charge in [0, 0.05) is 11.9 Å². The Hall–Kier alpha value is -1.43. The Bertz CT molecular complexity index is 750. The van der Waals surface area contributed by atoms with E-state index in [0.717, 1.165) is 49.7 Å². The van der Waals surface area contributed by atoms with E-state index in [1.165, 1.54) is 6.42 Å². The Morgan fingerprint density at radius 1 is 0.880 bits per heavy atom. The topological polar surface area (TPSA) is 49.4 Å². The number of benzene rings is 2. The van der Waals surface area contributed by atoms with Crippen molar-refractivity contribution in [1.82, 2.24) is 9.62 Å². The number of hydrogen-bond donors (Lipinski definition) is 1. The van der Waals surface area contributed by atoms with Crippen molar-refractivity contribution in [3.05, 3.63) is 42.5 Å². The third-order valence-corrected chi connectivity index (χ3v) is 6.15. The predicted octanol–water partition coefficient (Wildman–Crippen LogP) is 4.02. The van der Waals surface area contributed by atoms with Crippen molar-refractivity contribution >= 4 is 20.8 Å². The summed E-state index contributed by atoms with van der Waals surface area (Å²) >= 11 is 0. The maximum absolute atomic E-state index is 12.6. The van der Waals surface area contributed by atoms with Gasteiger partial charge in [0.05, 0.1) is 4.90 Å². The molecule has 0 aliphatic carbocycles. The van der Waals surface area contributed by atoms with Crippen LogP contribution in [0, 0.1) is 0 Å². The molecule has 0 bridgehead atoms. The normalized spacial score (nSPS) is 12.1. The maximum Gasteiger partial charge on any atom is 0.241 e. The maximum atomic E-state index is 12.6. The van der Waals surface area contributed by atoms with E-state index in [-0.39, 0.29) is 0 Å². The van der Waals surface area contributed by atoms with Gasteiger partial charge in [-0.2, -0.15) is 0 Å². The zero-order valence-electron chi connectivity index (χ0n) is 15.4. The fourth-order valence-corrected chi connectivity index (χ4v) is 4.37. The fraction of sp³-hybridized carbons (Fsp3) is 0.500. The lowest BCUT2D eigenvalue weighted by atomic mass is 10.1. The second-order valence-corrected chi connectivity index (χ2v) is 8.05. The zero-order chi connectivity index (χ0) is 18.1. The number of sulfonamides is 1. The summed E-state index contributed by atoms with van der Waals surface area (Å²) in [6.07, 6.45) is 4.26. The quantitative estimate of drug-likeness (QED) is 0.614. The molecule has 4 nitrogen and oxygen atoms in total. The van der Waals surface area contributed by atoms with Gasteiger partial charge in [-0.05, 0) is 43.9 Å². The van der Waals surface area contributed by atoms with Crippen LogP contribution in [0.2, 0.25) is 0 Å². The lowest BCUT2D eigenvalue weighted by Crippen LogP contribution is -2.25. The van der Waals surface area contributed by atoms with E-state index in [1.807, 2.05) is 30.3 Å². The van der Waals surface area contributed by atoms with Crippen LogP contribution in [0.3, 0.4) is 0 Å². The van der Waals surface area contributed by atoms with Crippen molar-refractivity contribution in [2.24, 2.45) is 0 Å². The number of unbranched alkanes of at least 4 members (excludes halogenated alkanes) is 3. The third kappa shape index (κ3) is 5.80. The molecule has 0 aliphatic rings. The summed E-state index contributed by atoms with van der Waals surface area (Å²) in [5.41, 5.74) is 0. The molecule has 0 heterocycles. The Labute approximate surface area is 152 Å². The molecule has 5 heteroatoms. The minimum absolute atomic E-state index is 0.368. The first-order valence-corrected chi connectivity index (χ1v) is 10.8. The molecule has 0 atom stereocenters. The predicted molar refractivity (Wildman–Crippen MR) is 105 cm³/mol. The molecule has 0 fully saturated rings. The number of fused-ring (bicyclic) bond motifs is 1. The van der Waals surface area contributed by atoms with E-state index in [4.69, 9.17) is 0 Å². The van der Waals surface area contributed by atoms with E-state index in [1.54, 1.807) is 12.1 Å². The van der Waals surface area contributed by atoms with E-state index < -0.39 is 10.0 Å². The van der Waals surface area contributed by atoms with E-state index in [0.29, 0.717) is 11.4 Å². The highest BCUT2D eigenvalue weighted by atomic mass is 32.2. The fourth-order valence-electron chi connectivity index (χ4n) is 3.07. The first kappa shape index (κ1) is 19.9. The van der Waals surface area contributed by atoms with Gasteiger partial charge in [0.15, 0.2) is 0 Å². The molecule has 2 rings (SSSR count). The lowest BCUT2D eigenvalue weighted by Gasteiger charge is -2.17. The van der Waals surface area contributed by atoms with Crippen molar-refractivity contribution in [2.75, 3.05) is 26.2 Å². The highest BCUT2D eigenvalue weighted by Gasteiger charge is 2.16. The Balaban J connectivity index is 1.80. The molecule has 2 aromatic carbocycles. The summed E-state index contributed by atoms with van der Waals surface area (Å²) < 4.78 is 27.9. The Morgan fingerprint density at radius 2 is 1.56 bits per heavy atom. The molecule has 2 aromatic rings. The van der Waals surface area contributed by atoms with Crippen molar-refractivity contribution in [1.29, 1.82) is 0 Å². The van der Waals surface area contributed by atoms with Gasteiger partial charge in [-0.1, -0.05) is 63.1 Å². The second kappa shape index (κ2) is 9.90. The van der Waals surface area contributed by atoms with Crippen molar-refractivity contribution < 1.29 is 8.42 Å². The molecule has 1 N–H and O–H groups in total. The molecule has 0 unspecified atom stereocenters. The highest BCUT2D eigenvalue weighted by Crippen LogP contribution is 2.22. The number of nitrogens with zero attached hydrogens (tertiary/aromatic N) is 1. The van der Waals surface area contributed by atoms with Crippen LogP contribution in [-0.2, 0) is 10.0 Å². The van der Waals surface area contributed by atoms with Crippen molar-refractivity contribution in [3.8, 4) is 0 Å². The summed E-state index contributed by atoms with van der Waals surface area (Å²) in [5, 5.41) is 1.72. The SMILES string of the molecule is CCN(CC)CCCCCCNS(=O)(=O)c1cccc2ccccc12. The minimum atomic E-state index is -3.46. The van der Waals surface area contributed by atoms with E-state index >= 15 is 0 Å². The molecule has 0 amide bonds. The standard InChI is InChI=1S/C20H30N2O2S/c1-3-22(4-2)17-10-6-5-9-16-21-25(23,24)20-15-11-13-18-12-7-8-14-19(18)20/h7-8,11-15,21H,3-6,9-10,16-17H2,1-2H3. The minimum Gasteiger partial charge on any atom is -0.304 e. The van der Waals surface area contributed by atoms with Gasteiger partial charge in [0.1, 0.15) is 0 Å². The molecule has 0 saturated heterocycles. The Kier molecular flexibility index (Phi) is 7.88. The van der Waals surface area contributed by atoms with Gasteiger partial charge in [0.25, 0.3) is 0 Å². The highest BCUT2D eigenvalue weighted by molar-refractivity contribution is 7.89. The molecular formula is C20H30N2O2S. The van der Waals surface area contributed by atoms with Gasteiger partial charge >= 0.3 is 0 Å². The van der Waals surface area contributed by atoms with Crippen molar-refractivity contribution in [2.45, 2.75) is 44.4 Å². The van der Waals surface area contributed by atoms with Crippen LogP contribution in [0.15, 0.2) is 47.4 Å². The monoisotopic (exact) mass is 362 g/mol. The molecule has 0 aliphatic heterocycles. The summed E-state index contributed by atoms with van der Waals surface area (Å²) in [7, 11) is -3.46. The molecule has 0 saturated carbocycles. The summed E-state index contributed by atoms with van der Waals surface area (Å²) in [4.78, 5) is 2.79. The summed E-state index contributed by atoms with van der Waals surface area (Å²) in [6.45, 7) is 8.20. The van der Waals surface area contributed by atoms with Gasteiger partial charge in [-0.25, -0.2) is 13.1 Å². The molecule has 138 valence electrons. The first-order valence-electron chi connectivity index (χ1n) is 9.28. The number of rotatable bonds is 11. The third-order valence-electron chi connectivity index (χ3n) is 4.63.